The molecule has 0 aromatic heterocycles. The van der Waals surface area contributed by atoms with Gasteiger partial charge >= 0.3 is 0 Å². The van der Waals surface area contributed by atoms with Crippen LogP contribution in [0.3, 0.4) is 0 Å². The molecule has 0 saturated carbocycles. The lowest BCUT2D eigenvalue weighted by Crippen LogP contribution is -2.01. The minimum absolute atomic E-state index is 0.153. The summed E-state index contributed by atoms with van der Waals surface area (Å²) in [6.07, 6.45) is 0. The number of nitro benzene ring substituents is 1. The van der Waals surface area contributed by atoms with E-state index in [1.807, 2.05) is 18.2 Å². The third-order valence-electron chi connectivity index (χ3n) is 2.91. The number of nitrogen functional groups attached to an aromatic ring is 1. The highest BCUT2D eigenvalue weighted by Gasteiger charge is 2.10. The summed E-state index contributed by atoms with van der Waals surface area (Å²) < 4.78 is 5.24. The summed E-state index contributed by atoms with van der Waals surface area (Å²) >= 11 is 0. The first-order valence-corrected chi connectivity index (χ1v) is 6.41. The van der Waals surface area contributed by atoms with E-state index in [1.165, 1.54) is 18.2 Å². The summed E-state index contributed by atoms with van der Waals surface area (Å²) in [5.74, 6) is 0.854. The van der Waals surface area contributed by atoms with Gasteiger partial charge in [-0.05, 0) is 19.1 Å². The van der Waals surface area contributed by atoms with Gasteiger partial charge in [0.25, 0.3) is 5.69 Å². The highest BCUT2D eigenvalue weighted by atomic mass is 16.6. The van der Waals surface area contributed by atoms with Crippen LogP contribution in [0.2, 0.25) is 0 Å². The van der Waals surface area contributed by atoms with Gasteiger partial charge < -0.3 is 15.3 Å². The SMILES string of the molecule is COc1ccccc1C(C)=NOc1cc(N)cc([N+](=O)[O-])c1. The van der Waals surface area contributed by atoms with E-state index < -0.39 is 4.92 Å². The lowest BCUT2D eigenvalue weighted by atomic mass is 10.1. The van der Waals surface area contributed by atoms with Gasteiger partial charge in [-0.2, -0.15) is 0 Å². The molecule has 0 unspecified atom stereocenters. The number of hydrogen-bond acceptors (Lipinski definition) is 6. The Morgan fingerprint density at radius 1 is 1.27 bits per heavy atom. The van der Waals surface area contributed by atoms with E-state index >= 15 is 0 Å². The number of hydrogen-bond donors (Lipinski definition) is 1. The average Bonchev–Trinajstić information content (AvgIpc) is 2.52. The van der Waals surface area contributed by atoms with Crippen LogP contribution in [0.25, 0.3) is 0 Å². The quantitative estimate of drug-likeness (QED) is 0.396. The molecule has 0 bridgehead atoms. The third kappa shape index (κ3) is 3.51. The molecule has 0 aliphatic rings. The minimum atomic E-state index is -0.542. The van der Waals surface area contributed by atoms with E-state index in [2.05, 4.69) is 5.16 Å². The van der Waals surface area contributed by atoms with Crippen molar-refractivity contribution < 1.29 is 14.5 Å². The number of nitrogens with two attached hydrogens (primary N) is 1. The van der Waals surface area contributed by atoms with Crippen LogP contribution < -0.4 is 15.3 Å². The smallest absolute Gasteiger partial charge is 0.275 e. The molecule has 0 spiro atoms. The number of rotatable bonds is 5. The Morgan fingerprint density at radius 3 is 2.68 bits per heavy atom. The molecule has 7 nitrogen and oxygen atoms in total. The number of non-ortho nitro benzene ring substituents is 1. The summed E-state index contributed by atoms with van der Waals surface area (Å²) in [6.45, 7) is 1.75. The standard InChI is InChI=1S/C15H15N3O4/c1-10(14-5-3-4-6-15(14)21-2)17-22-13-8-11(16)7-12(9-13)18(19)20/h3-9H,16H2,1-2H3. The van der Waals surface area contributed by atoms with Crippen molar-refractivity contribution in [3.8, 4) is 11.5 Å². The third-order valence-corrected chi connectivity index (χ3v) is 2.91. The molecule has 0 atom stereocenters. The number of nitro groups is 1. The summed E-state index contributed by atoms with van der Waals surface area (Å²) in [5.41, 5.74) is 7.02. The van der Waals surface area contributed by atoms with Crippen molar-refractivity contribution in [2.75, 3.05) is 12.8 Å². The molecule has 7 heteroatoms. The summed E-state index contributed by atoms with van der Waals surface area (Å²) in [4.78, 5) is 15.5. The predicted molar refractivity (Wildman–Crippen MR) is 83.3 cm³/mol. The molecule has 0 radical (unpaired) electrons. The van der Waals surface area contributed by atoms with Crippen LogP contribution in [0, 0.1) is 10.1 Å². The van der Waals surface area contributed by atoms with E-state index in [1.54, 1.807) is 20.1 Å². The van der Waals surface area contributed by atoms with E-state index in [0.29, 0.717) is 11.5 Å². The van der Waals surface area contributed by atoms with Gasteiger partial charge in [0.05, 0.1) is 23.8 Å². The van der Waals surface area contributed by atoms with Crippen molar-refractivity contribution in [2.24, 2.45) is 5.16 Å². The number of anilines is 1. The van der Waals surface area contributed by atoms with E-state index in [4.69, 9.17) is 15.3 Å². The average molecular weight is 301 g/mol. The van der Waals surface area contributed by atoms with Gasteiger partial charge in [0.15, 0.2) is 5.75 Å². The first-order chi connectivity index (χ1) is 10.5. The molecule has 2 aromatic carbocycles. The summed E-state index contributed by atoms with van der Waals surface area (Å²) in [5, 5.41) is 14.8. The van der Waals surface area contributed by atoms with E-state index in [0.717, 1.165) is 5.56 Å². The van der Waals surface area contributed by atoms with Crippen molar-refractivity contribution in [1.29, 1.82) is 0 Å². The second-order valence-electron chi connectivity index (χ2n) is 4.49. The number of methoxy groups -OCH3 is 1. The molecule has 2 rings (SSSR count). The predicted octanol–water partition coefficient (Wildman–Crippen LogP) is 2.99. The Hall–Kier alpha value is -3.09. The fourth-order valence-corrected chi connectivity index (χ4v) is 1.88. The fraction of sp³-hybridized carbons (Fsp3) is 0.133. The van der Waals surface area contributed by atoms with Gasteiger partial charge in [-0.1, -0.05) is 17.3 Å². The monoisotopic (exact) mass is 301 g/mol. The molecule has 114 valence electrons. The van der Waals surface area contributed by atoms with Gasteiger partial charge in [-0.25, -0.2) is 0 Å². The van der Waals surface area contributed by atoms with E-state index in [9.17, 15) is 10.1 Å². The van der Waals surface area contributed by atoms with Gasteiger partial charge in [-0.3, -0.25) is 10.1 Å². The molecule has 2 aromatic rings. The van der Waals surface area contributed by atoms with Crippen LogP contribution >= 0.6 is 0 Å². The molecule has 0 fully saturated rings. The summed E-state index contributed by atoms with van der Waals surface area (Å²) in [6, 6.07) is 11.3. The van der Waals surface area contributed by atoms with Crippen LogP contribution in [-0.4, -0.2) is 17.7 Å². The van der Waals surface area contributed by atoms with Gasteiger partial charge in [0, 0.05) is 23.4 Å². The van der Waals surface area contributed by atoms with Crippen LogP contribution in [0.5, 0.6) is 11.5 Å². The molecule has 0 amide bonds. The van der Waals surface area contributed by atoms with Crippen molar-refractivity contribution in [2.45, 2.75) is 6.92 Å². The highest BCUT2D eigenvalue weighted by molar-refractivity contribution is 6.00. The lowest BCUT2D eigenvalue weighted by Gasteiger charge is -2.07. The zero-order valence-corrected chi connectivity index (χ0v) is 12.1. The topological polar surface area (TPSA) is 100.0 Å². The normalized spacial score (nSPS) is 11.1. The first-order valence-electron chi connectivity index (χ1n) is 6.41. The molecule has 0 heterocycles. The Morgan fingerprint density at radius 2 is 2.00 bits per heavy atom. The number of oxime groups is 1. The minimum Gasteiger partial charge on any atom is -0.496 e. The fourth-order valence-electron chi connectivity index (χ4n) is 1.88. The first kappa shape index (κ1) is 15.3. The Balaban J connectivity index is 2.26. The lowest BCUT2D eigenvalue weighted by molar-refractivity contribution is -0.384. The van der Waals surface area contributed by atoms with Crippen molar-refractivity contribution in [3.05, 3.63) is 58.1 Å². The maximum absolute atomic E-state index is 10.8. The second-order valence-corrected chi connectivity index (χ2v) is 4.49. The van der Waals surface area contributed by atoms with Gasteiger partial charge in [0.2, 0.25) is 0 Å². The Kier molecular flexibility index (Phi) is 4.57. The largest absolute Gasteiger partial charge is 0.496 e. The maximum Gasteiger partial charge on any atom is 0.275 e. The molecule has 0 saturated heterocycles. The molecule has 2 N–H and O–H groups in total. The van der Waals surface area contributed by atoms with Gasteiger partial charge in [-0.15, -0.1) is 0 Å². The van der Waals surface area contributed by atoms with Crippen molar-refractivity contribution in [3.63, 3.8) is 0 Å². The zero-order chi connectivity index (χ0) is 16.1. The highest BCUT2D eigenvalue weighted by Crippen LogP contribution is 2.25. The van der Waals surface area contributed by atoms with Gasteiger partial charge in [0.1, 0.15) is 5.75 Å². The second kappa shape index (κ2) is 6.57. The maximum atomic E-state index is 10.8. The van der Waals surface area contributed by atoms with Crippen molar-refractivity contribution >= 4 is 17.1 Å². The number of nitrogens with zero attached hydrogens (tertiary/aromatic N) is 2. The number of para-hydroxylation sites is 1. The Bertz CT molecular complexity index is 728. The van der Waals surface area contributed by atoms with Crippen LogP contribution in [0.15, 0.2) is 47.6 Å². The number of ether oxygens (including phenoxy) is 1. The van der Waals surface area contributed by atoms with E-state index in [-0.39, 0.29) is 17.1 Å². The molecule has 0 aliphatic carbocycles. The molecular formula is C15H15N3O4. The van der Waals surface area contributed by atoms with Crippen LogP contribution in [0.4, 0.5) is 11.4 Å². The zero-order valence-electron chi connectivity index (χ0n) is 12.1. The van der Waals surface area contributed by atoms with Crippen molar-refractivity contribution in [1.82, 2.24) is 0 Å². The van der Waals surface area contributed by atoms with Crippen LogP contribution in [-0.2, 0) is 0 Å². The molecule has 0 aliphatic heterocycles. The summed E-state index contributed by atoms with van der Waals surface area (Å²) in [7, 11) is 1.56. The molecule has 22 heavy (non-hydrogen) atoms. The molecular weight excluding hydrogens is 286 g/mol. The number of benzene rings is 2. The Labute approximate surface area is 127 Å². The van der Waals surface area contributed by atoms with Crippen LogP contribution in [0.1, 0.15) is 12.5 Å².